The second kappa shape index (κ2) is 5.09. The molecule has 1 aromatic rings. The molecule has 0 aliphatic rings. The molecule has 3 nitrogen and oxygen atoms in total. The van der Waals surface area contributed by atoms with Gasteiger partial charge in [-0.3, -0.25) is 4.90 Å². The summed E-state index contributed by atoms with van der Waals surface area (Å²) < 4.78 is 13.0. The van der Waals surface area contributed by atoms with Gasteiger partial charge in [-0.15, -0.1) is 0 Å². The minimum absolute atomic E-state index is 0.0505. The number of hydrogen-bond donors (Lipinski definition) is 2. The highest BCUT2D eigenvalue weighted by Gasteiger charge is 2.08. The lowest BCUT2D eigenvalue weighted by atomic mass is 10.1. The summed E-state index contributed by atoms with van der Waals surface area (Å²) in [6, 6.07) is 4.54. The molecule has 0 radical (unpaired) electrons. The molecule has 1 atom stereocenters. The molecule has 0 aliphatic heterocycles. The first-order valence-electron chi connectivity index (χ1n) is 4.89. The Morgan fingerprint density at radius 3 is 2.67 bits per heavy atom. The number of hydrogen-bond acceptors (Lipinski definition) is 3. The van der Waals surface area contributed by atoms with Crippen molar-refractivity contribution in [3.8, 4) is 0 Å². The van der Waals surface area contributed by atoms with Gasteiger partial charge in [0.1, 0.15) is 5.82 Å². The highest BCUT2D eigenvalue weighted by Crippen LogP contribution is 2.13. The maximum Gasteiger partial charge on any atom is 0.125 e. The van der Waals surface area contributed by atoms with Gasteiger partial charge in [0.2, 0.25) is 0 Å². The summed E-state index contributed by atoms with van der Waals surface area (Å²) in [7, 11) is 1.88. The number of aliphatic hydroxyl groups is 1. The van der Waals surface area contributed by atoms with E-state index in [0.717, 1.165) is 5.56 Å². The number of halogens is 1. The highest BCUT2D eigenvalue weighted by atomic mass is 19.1. The van der Waals surface area contributed by atoms with Crippen LogP contribution >= 0.6 is 0 Å². The molecule has 0 aliphatic carbocycles. The molecule has 0 spiro atoms. The van der Waals surface area contributed by atoms with Crippen LogP contribution in [0.25, 0.3) is 0 Å². The Hall–Kier alpha value is -1.13. The summed E-state index contributed by atoms with van der Waals surface area (Å²) in [5.41, 5.74) is 6.78. The van der Waals surface area contributed by atoms with Crippen molar-refractivity contribution in [3.05, 3.63) is 29.6 Å². The van der Waals surface area contributed by atoms with Crippen LogP contribution in [0.5, 0.6) is 0 Å². The predicted octanol–water partition coefficient (Wildman–Crippen LogP) is 1.22. The number of rotatable bonds is 4. The first-order valence-corrected chi connectivity index (χ1v) is 4.89. The third-order valence-electron chi connectivity index (χ3n) is 2.43. The minimum Gasteiger partial charge on any atom is -0.399 e. The molecule has 1 aromatic carbocycles. The fourth-order valence-electron chi connectivity index (χ4n) is 1.35. The van der Waals surface area contributed by atoms with E-state index in [2.05, 4.69) is 0 Å². The Balaban J connectivity index is 2.72. The number of aliphatic hydroxyl groups excluding tert-OH is 1. The van der Waals surface area contributed by atoms with Crippen LogP contribution in [-0.2, 0) is 6.54 Å². The molecule has 3 N–H and O–H groups in total. The Kier molecular flexibility index (Phi) is 4.05. The van der Waals surface area contributed by atoms with Crippen LogP contribution in [-0.4, -0.2) is 29.7 Å². The van der Waals surface area contributed by atoms with Gasteiger partial charge in [0.05, 0.1) is 6.61 Å². The van der Waals surface area contributed by atoms with Gasteiger partial charge in [-0.1, -0.05) is 0 Å². The van der Waals surface area contributed by atoms with Crippen molar-refractivity contribution < 1.29 is 9.50 Å². The number of nitrogens with two attached hydrogens (primary N) is 1. The zero-order valence-corrected chi connectivity index (χ0v) is 9.07. The third-order valence-corrected chi connectivity index (χ3v) is 2.43. The van der Waals surface area contributed by atoms with Crippen molar-refractivity contribution in [2.75, 3.05) is 19.4 Å². The Morgan fingerprint density at radius 1 is 1.47 bits per heavy atom. The van der Waals surface area contributed by atoms with Gasteiger partial charge >= 0.3 is 0 Å². The normalized spacial score (nSPS) is 13.1. The molecule has 0 amide bonds. The average molecular weight is 212 g/mol. The number of benzene rings is 1. The van der Waals surface area contributed by atoms with Gasteiger partial charge < -0.3 is 10.8 Å². The molecule has 0 saturated carbocycles. The molecular formula is C11H17FN2O. The van der Waals surface area contributed by atoms with Crippen LogP contribution in [0.3, 0.4) is 0 Å². The second-order valence-electron chi connectivity index (χ2n) is 3.84. The van der Waals surface area contributed by atoms with E-state index in [1.165, 1.54) is 12.1 Å². The van der Waals surface area contributed by atoms with Gasteiger partial charge in [-0.25, -0.2) is 4.39 Å². The minimum atomic E-state index is -0.324. The van der Waals surface area contributed by atoms with Gasteiger partial charge in [0, 0.05) is 18.3 Å². The maximum absolute atomic E-state index is 13.0. The van der Waals surface area contributed by atoms with E-state index in [4.69, 9.17) is 10.8 Å². The summed E-state index contributed by atoms with van der Waals surface area (Å²) in [5.74, 6) is -0.324. The van der Waals surface area contributed by atoms with Gasteiger partial charge in [-0.05, 0) is 37.7 Å². The SMILES string of the molecule is CC(CO)N(C)Cc1cc(N)cc(F)c1. The molecule has 0 aromatic heterocycles. The van der Waals surface area contributed by atoms with Crippen LogP contribution in [0.2, 0.25) is 0 Å². The van der Waals surface area contributed by atoms with E-state index in [1.54, 1.807) is 6.07 Å². The summed E-state index contributed by atoms with van der Waals surface area (Å²) >= 11 is 0. The fraction of sp³-hybridized carbons (Fsp3) is 0.455. The standard InChI is InChI=1S/C11H17FN2O/c1-8(7-15)14(2)6-9-3-10(12)5-11(13)4-9/h3-5,8,15H,6-7,13H2,1-2H3. The van der Waals surface area contributed by atoms with Crippen LogP contribution in [0.15, 0.2) is 18.2 Å². The third kappa shape index (κ3) is 3.49. The summed E-state index contributed by atoms with van der Waals surface area (Å²) in [5, 5.41) is 8.95. The Morgan fingerprint density at radius 2 is 2.13 bits per heavy atom. The lowest BCUT2D eigenvalue weighted by Crippen LogP contribution is -2.31. The first kappa shape index (κ1) is 11.9. The van der Waals surface area contributed by atoms with Crippen molar-refractivity contribution in [2.24, 2.45) is 0 Å². The van der Waals surface area contributed by atoms with Crippen LogP contribution in [0.1, 0.15) is 12.5 Å². The summed E-state index contributed by atoms with van der Waals surface area (Å²) in [6.07, 6.45) is 0. The zero-order valence-electron chi connectivity index (χ0n) is 9.07. The number of nitrogens with zero attached hydrogens (tertiary/aromatic N) is 1. The van der Waals surface area contributed by atoms with Crippen molar-refractivity contribution in [1.29, 1.82) is 0 Å². The molecule has 0 fully saturated rings. The quantitative estimate of drug-likeness (QED) is 0.738. The predicted molar refractivity (Wildman–Crippen MR) is 58.8 cm³/mol. The van der Waals surface area contributed by atoms with Crippen molar-refractivity contribution in [3.63, 3.8) is 0 Å². The van der Waals surface area contributed by atoms with E-state index in [1.807, 2.05) is 18.9 Å². The summed E-state index contributed by atoms with van der Waals surface area (Å²) in [4.78, 5) is 1.94. The first-order chi connectivity index (χ1) is 7.02. The molecule has 4 heteroatoms. The summed E-state index contributed by atoms with van der Waals surface area (Å²) in [6.45, 7) is 2.56. The highest BCUT2D eigenvalue weighted by molar-refractivity contribution is 5.41. The van der Waals surface area contributed by atoms with Gasteiger partial charge in [0.25, 0.3) is 0 Å². The Bertz CT molecular complexity index is 310. The maximum atomic E-state index is 13.0. The molecular weight excluding hydrogens is 195 g/mol. The zero-order chi connectivity index (χ0) is 11.4. The van der Waals surface area contributed by atoms with Crippen LogP contribution in [0, 0.1) is 5.82 Å². The topological polar surface area (TPSA) is 49.5 Å². The number of anilines is 1. The smallest absolute Gasteiger partial charge is 0.125 e. The largest absolute Gasteiger partial charge is 0.399 e. The molecule has 0 bridgehead atoms. The van der Waals surface area contributed by atoms with Crippen molar-refractivity contribution >= 4 is 5.69 Å². The molecule has 1 rings (SSSR count). The fourth-order valence-corrected chi connectivity index (χ4v) is 1.35. The Labute approximate surface area is 89.3 Å². The molecule has 0 heterocycles. The molecule has 0 saturated heterocycles. The van der Waals surface area contributed by atoms with Gasteiger partial charge in [0.15, 0.2) is 0 Å². The second-order valence-corrected chi connectivity index (χ2v) is 3.84. The molecule has 15 heavy (non-hydrogen) atoms. The molecule has 1 unspecified atom stereocenters. The van der Waals surface area contributed by atoms with E-state index in [-0.39, 0.29) is 18.5 Å². The van der Waals surface area contributed by atoms with E-state index < -0.39 is 0 Å². The van der Waals surface area contributed by atoms with Crippen LogP contribution in [0.4, 0.5) is 10.1 Å². The molecule has 84 valence electrons. The monoisotopic (exact) mass is 212 g/mol. The lowest BCUT2D eigenvalue weighted by Gasteiger charge is -2.22. The lowest BCUT2D eigenvalue weighted by molar-refractivity contribution is 0.154. The van der Waals surface area contributed by atoms with E-state index in [0.29, 0.717) is 12.2 Å². The number of likely N-dealkylation sites (N-methyl/N-ethyl adjacent to an activating group) is 1. The average Bonchev–Trinajstić information content (AvgIpc) is 2.14. The van der Waals surface area contributed by atoms with E-state index >= 15 is 0 Å². The van der Waals surface area contributed by atoms with Crippen molar-refractivity contribution in [2.45, 2.75) is 19.5 Å². The van der Waals surface area contributed by atoms with Crippen molar-refractivity contribution in [1.82, 2.24) is 4.90 Å². The van der Waals surface area contributed by atoms with Crippen LogP contribution < -0.4 is 5.73 Å². The number of nitrogen functional groups attached to an aromatic ring is 1. The van der Waals surface area contributed by atoms with Gasteiger partial charge in [-0.2, -0.15) is 0 Å². The van der Waals surface area contributed by atoms with E-state index in [9.17, 15) is 4.39 Å².